The molecule has 3 rings (SSSR count). The van der Waals surface area contributed by atoms with Gasteiger partial charge in [0.1, 0.15) is 0 Å². The Morgan fingerprint density at radius 3 is 2.43 bits per heavy atom. The summed E-state index contributed by atoms with van der Waals surface area (Å²) in [4.78, 5) is 46.9. The van der Waals surface area contributed by atoms with Gasteiger partial charge < -0.3 is 0 Å². The zero-order chi connectivity index (χ0) is 20.4. The number of benzene rings is 2. The first-order valence-electron chi connectivity index (χ1n) is 7.54. The van der Waals surface area contributed by atoms with E-state index in [1.165, 1.54) is 24.3 Å². The fourth-order valence-electron chi connectivity index (χ4n) is 2.22. The Morgan fingerprint density at radius 1 is 1.14 bits per heavy atom. The van der Waals surface area contributed by atoms with Gasteiger partial charge in [-0.1, -0.05) is 29.3 Å². The lowest BCUT2D eigenvalue weighted by Gasteiger charge is -2.13. The highest BCUT2D eigenvalue weighted by Crippen LogP contribution is 2.33. The topological polar surface area (TPSA) is 110 Å². The van der Waals surface area contributed by atoms with Gasteiger partial charge in [0.05, 0.1) is 9.83 Å². The molecule has 28 heavy (non-hydrogen) atoms. The third kappa shape index (κ3) is 4.16. The number of nitro benzene ring substituents is 1. The summed E-state index contributed by atoms with van der Waals surface area (Å²) in [6.45, 7) is 0. The van der Waals surface area contributed by atoms with Crippen LogP contribution in [0.5, 0.6) is 0 Å². The molecule has 1 saturated heterocycles. The summed E-state index contributed by atoms with van der Waals surface area (Å²) in [7, 11) is 0. The molecule has 8 nitrogen and oxygen atoms in total. The lowest BCUT2D eigenvalue weighted by Crippen LogP contribution is -2.44. The number of amides is 3. The normalized spacial score (nSPS) is 15.2. The van der Waals surface area contributed by atoms with E-state index in [4.69, 9.17) is 23.2 Å². The number of nitrogens with one attached hydrogen (secondary N) is 1. The van der Waals surface area contributed by atoms with Crippen LogP contribution in [0.4, 0.5) is 10.5 Å². The molecule has 2 aromatic rings. The van der Waals surface area contributed by atoms with E-state index in [1.54, 1.807) is 12.1 Å². The molecule has 0 radical (unpaired) electrons. The van der Waals surface area contributed by atoms with Crippen molar-refractivity contribution in [2.45, 2.75) is 0 Å². The molecule has 3 amide bonds. The average molecular weight is 438 g/mol. The van der Waals surface area contributed by atoms with Crippen LogP contribution in [0.1, 0.15) is 15.9 Å². The number of hydrogen-bond acceptors (Lipinski definition) is 6. The average Bonchev–Trinajstić information content (AvgIpc) is 2.91. The molecule has 0 aromatic heterocycles. The summed E-state index contributed by atoms with van der Waals surface area (Å²) in [5.41, 5.74) is 2.54. The third-order valence-electron chi connectivity index (χ3n) is 3.60. The van der Waals surface area contributed by atoms with Crippen LogP contribution in [0, 0.1) is 10.1 Å². The fourth-order valence-corrected chi connectivity index (χ4v) is 3.46. The first-order valence-corrected chi connectivity index (χ1v) is 9.12. The predicted molar refractivity (Wildman–Crippen MR) is 105 cm³/mol. The number of halogens is 2. The van der Waals surface area contributed by atoms with E-state index >= 15 is 0 Å². The summed E-state index contributed by atoms with van der Waals surface area (Å²) in [5, 5.41) is 11.3. The number of rotatable bonds is 4. The number of nitro groups is 1. The molecule has 0 saturated carbocycles. The highest BCUT2D eigenvalue weighted by molar-refractivity contribution is 8.18. The summed E-state index contributed by atoms with van der Waals surface area (Å²) < 4.78 is 0. The minimum Gasteiger partial charge on any atom is -0.267 e. The SMILES string of the molecule is O=C(NN1C(=O)S/C(=C\c2ccc(Cl)cc2Cl)C1=O)c1ccc([N+](=O)[O-])cc1. The van der Waals surface area contributed by atoms with E-state index in [-0.39, 0.29) is 16.2 Å². The lowest BCUT2D eigenvalue weighted by atomic mass is 10.2. The van der Waals surface area contributed by atoms with Crippen molar-refractivity contribution in [2.75, 3.05) is 0 Å². The van der Waals surface area contributed by atoms with Crippen LogP contribution in [0.2, 0.25) is 10.0 Å². The minimum atomic E-state index is -0.761. The first kappa shape index (κ1) is 19.9. The molecule has 1 aliphatic heterocycles. The smallest absolute Gasteiger partial charge is 0.267 e. The van der Waals surface area contributed by atoms with E-state index in [0.29, 0.717) is 32.4 Å². The van der Waals surface area contributed by atoms with Crippen LogP contribution in [-0.2, 0) is 4.79 Å². The highest BCUT2D eigenvalue weighted by Gasteiger charge is 2.36. The Bertz CT molecular complexity index is 1040. The van der Waals surface area contributed by atoms with Crippen LogP contribution in [0.3, 0.4) is 0 Å². The van der Waals surface area contributed by atoms with Gasteiger partial charge in [0.2, 0.25) is 0 Å². The second-order valence-corrected chi connectivity index (χ2v) is 7.26. The first-order chi connectivity index (χ1) is 13.3. The van der Waals surface area contributed by atoms with Crippen LogP contribution in [0.15, 0.2) is 47.4 Å². The van der Waals surface area contributed by atoms with E-state index < -0.39 is 22.0 Å². The number of nitrogens with zero attached hydrogens (tertiary/aromatic N) is 2. The molecule has 0 spiro atoms. The zero-order valence-electron chi connectivity index (χ0n) is 13.7. The Morgan fingerprint density at radius 2 is 1.82 bits per heavy atom. The maximum absolute atomic E-state index is 12.5. The molecule has 11 heteroatoms. The van der Waals surface area contributed by atoms with E-state index in [1.807, 2.05) is 0 Å². The van der Waals surface area contributed by atoms with E-state index in [0.717, 1.165) is 12.1 Å². The Kier molecular flexibility index (Phi) is 5.68. The van der Waals surface area contributed by atoms with Gasteiger partial charge in [-0.15, -0.1) is 0 Å². The zero-order valence-corrected chi connectivity index (χ0v) is 16.0. The molecule has 0 aliphatic carbocycles. The van der Waals surface area contributed by atoms with E-state index in [9.17, 15) is 24.5 Å². The Hall–Kier alpha value is -2.88. The summed E-state index contributed by atoms with van der Waals surface area (Å²) in [6, 6.07) is 9.39. The van der Waals surface area contributed by atoms with Crippen LogP contribution < -0.4 is 5.43 Å². The quantitative estimate of drug-likeness (QED) is 0.434. The van der Waals surface area contributed by atoms with Gasteiger partial charge in [-0.25, -0.2) is 0 Å². The molecule has 1 heterocycles. The van der Waals surface area contributed by atoms with Crippen molar-refractivity contribution < 1.29 is 19.3 Å². The Labute approximate surface area is 172 Å². The molecular formula is C17H9Cl2N3O5S. The highest BCUT2D eigenvalue weighted by atomic mass is 35.5. The standard InChI is InChI=1S/C17H9Cl2N3O5S/c18-11-4-1-10(13(19)8-11)7-14-16(24)21(17(25)28-14)20-15(23)9-2-5-12(6-3-9)22(26)27/h1-8H,(H,20,23)/b14-7-. The third-order valence-corrected chi connectivity index (χ3v) is 5.03. The summed E-state index contributed by atoms with van der Waals surface area (Å²) in [6.07, 6.45) is 1.42. The molecule has 142 valence electrons. The number of carbonyl (C=O) groups is 3. The Balaban J connectivity index is 1.77. The van der Waals surface area contributed by atoms with Gasteiger partial charge in [0, 0.05) is 27.7 Å². The van der Waals surface area contributed by atoms with Crippen molar-refractivity contribution in [3.63, 3.8) is 0 Å². The van der Waals surface area contributed by atoms with Crippen molar-refractivity contribution in [2.24, 2.45) is 0 Å². The summed E-state index contributed by atoms with van der Waals surface area (Å²) in [5.74, 6) is -1.49. The van der Waals surface area contributed by atoms with Crippen LogP contribution in [0.25, 0.3) is 6.08 Å². The second kappa shape index (κ2) is 8.01. The van der Waals surface area contributed by atoms with Gasteiger partial charge in [0.15, 0.2) is 0 Å². The minimum absolute atomic E-state index is 0.0503. The van der Waals surface area contributed by atoms with Crippen molar-refractivity contribution in [3.05, 3.63) is 78.7 Å². The number of hydrogen-bond donors (Lipinski definition) is 1. The van der Waals surface area contributed by atoms with Gasteiger partial charge in [-0.2, -0.15) is 5.01 Å². The number of thioether (sulfide) groups is 1. The molecule has 1 fully saturated rings. The number of imide groups is 1. The second-order valence-electron chi connectivity index (χ2n) is 5.43. The maximum atomic E-state index is 12.5. The van der Waals surface area contributed by atoms with Crippen molar-refractivity contribution >= 4 is 63.8 Å². The number of non-ortho nitro benzene ring substituents is 1. The predicted octanol–water partition coefficient (Wildman–Crippen LogP) is 4.28. The molecule has 1 N–H and O–H groups in total. The molecular weight excluding hydrogens is 429 g/mol. The molecule has 0 bridgehead atoms. The van der Waals surface area contributed by atoms with Crippen LogP contribution >= 0.6 is 35.0 Å². The molecule has 0 unspecified atom stereocenters. The maximum Gasteiger partial charge on any atom is 0.312 e. The van der Waals surface area contributed by atoms with Crippen molar-refractivity contribution in [1.82, 2.24) is 10.4 Å². The van der Waals surface area contributed by atoms with Gasteiger partial charge in [-0.3, -0.25) is 29.9 Å². The van der Waals surface area contributed by atoms with Gasteiger partial charge >= 0.3 is 5.24 Å². The number of hydrazine groups is 1. The lowest BCUT2D eigenvalue weighted by molar-refractivity contribution is -0.384. The molecule has 1 aliphatic rings. The molecule has 2 aromatic carbocycles. The monoisotopic (exact) mass is 437 g/mol. The van der Waals surface area contributed by atoms with Crippen molar-refractivity contribution in [1.29, 1.82) is 0 Å². The largest absolute Gasteiger partial charge is 0.312 e. The van der Waals surface area contributed by atoms with Gasteiger partial charge in [0.25, 0.3) is 17.5 Å². The fraction of sp³-hybridized carbons (Fsp3) is 0. The summed E-state index contributed by atoms with van der Waals surface area (Å²) >= 11 is 12.5. The molecule has 0 atom stereocenters. The van der Waals surface area contributed by atoms with E-state index in [2.05, 4.69) is 5.43 Å². The van der Waals surface area contributed by atoms with Gasteiger partial charge in [-0.05, 0) is 47.7 Å². The number of carbonyl (C=O) groups excluding carboxylic acids is 3. The van der Waals surface area contributed by atoms with Crippen LogP contribution in [-0.4, -0.2) is 27.0 Å². The van der Waals surface area contributed by atoms with Crippen molar-refractivity contribution in [3.8, 4) is 0 Å².